The van der Waals surface area contributed by atoms with Gasteiger partial charge in [-0.3, -0.25) is 0 Å². The molecule has 0 amide bonds. The van der Waals surface area contributed by atoms with Crippen LogP contribution >= 0.6 is 27.3 Å². The Balaban J connectivity index is 2.09. The molecule has 0 spiro atoms. The predicted molar refractivity (Wildman–Crippen MR) is 70.5 cm³/mol. The van der Waals surface area contributed by atoms with Crippen LogP contribution in [0, 0.1) is 0 Å². The van der Waals surface area contributed by atoms with Crippen LogP contribution < -0.4 is 5.32 Å². The molecule has 6 heteroatoms. The number of anilines is 1. The minimum Gasteiger partial charge on any atom is -0.478 e. The Morgan fingerprint density at radius 3 is 2.94 bits per heavy atom. The number of rotatable bonds is 4. The Labute approximate surface area is 110 Å². The van der Waals surface area contributed by atoms with Crippen molar-refractivity contribution in [1.29, 1.82) is 0 Å². The minimum absolute atomic E-state index is 0.260. The molecule has 0 saturated heterocycles. The Morgan fingerprint density at radius 1 is 1.53 bits per heavy atom. The average molecular weight is 313 g/mol. The third-order valence-electron chi connectivity index (χ3n) is 2.16. The Morgan fingerprint density at radius 2 is 2.35 bits per heavy atom. The molecule has 1 aromatic carbocycles. The van der Waals surface area contributed by atoms with Gasteiger partial charge in [0.15, 0.2) is 0 Å². The minimum atomic E-state index is -0.934. The van der Waals surface area contributed by atoms with E-state index >= 15 is 0 Å². The topological polar surface area (TPSA) is 62.2 Å². The quantitative estimate of drug-likeness (QED) is 0.910. The van der Waals surface area contributed by atoms with Gasteiger partial charge in [-0.1, -0.05) is 0 Å². The van der Waals surface area contributed by atoms with Gasteiger partial charge in [0.2, 0.25) is 0 Å². The smallest absolute Gasteiger partial charge is 0.335 e. The highest BCUT2D eigenvalue weighted by Gasteiger charge is 2.06. The molecule has 2 N–H and O–H groups in total. The molecule has 0 aliphatic rings. The van der Waals surface area contributed by atoms with Crippen molar-refractivity contribution in [2.75, 3.05) is 5.32 Å². The predicted octanol–water partition coefficient (Wildman–Crippen LogP) is 3.22. The first-order valence-corrected chi connectivity index (χ1v) is 6.54. The van der Waals surface area contributed by atoms with Gasteiger partial charge >= 0.3 is 5.97 Å². The van der Waals surface area contributed by atoms with Gasteiger partial charge in [0.25, 0.3) is 0 Å². The number of halogens is 1. The summed E-state index contributed by atoms with van der Waals surface area (Å²) in [6.07, 6.45) is 0. The number of hydrogen-bond acceptors (Lipinski definition) is 4. The van der Waals surface area contributed by atoms with Crippen LogP contribution in [0.15, 0.2) is 33.6 Å². The fourth-order valence-electron chi connectivity index (χ4n) is 1.30. The van der Waals surface area contributed by atoms with Crippen molar-refractivity contribution in [3.63, 3.8) is 0 Å². The van der Waals surface area contributed by atoms with Crippen molar-refractivity contribution < 1.29 is 9.90 Å². The van der Waals surface area contributed by atoms with E-state index in [0.717, 1.165) is 15.9 Å². The number of carbonyl (C=O) groups is 1. The monoisotopic (exact) mass is 312 g/mol. The second-order valence-electron chi connectivity index (χ2n) is 3.33. The molecular weight excluding hydrogens is 304 g/mol. The van der Waals surface area contributed by atoms with Gasteiger partial charge in [-0.05, 0) is 34.1 Å². The second-order valence-corrected chi connectivity index (χ2v) is 4.91. The lowest BCUT2D eigenvalue weighted by Gasteiger charge is -2.07. The molecule has 0 atom stereocenters. The molecule has 1 heterocycles. The zero-order valence-corrected chi connectivity index (χ0v) is 11.1. The van der Waals surface area contributed by atoms with Crippen LogP contribution in [-0.4, -0.2) is 16.1 Å². The van der Waals surface area contributed by atoms with Gasteiger partial charge in [-0.15, -0.1) is 11.3 Å². The lowest BCUT2D eigenvalue weighted by atomic mass is 10.2. The summed E-state index contributed by atoms with van der Waals surface area (Å²) in [5.41, 5.74) is 3.85. The standard InChI is InChI=1S/C11H9BrN2O2S/c12-9-3-7(11(15)16)1-2-10(9)13-4-8-5-17-6-14-8/h1-3,5-6,13H,4H2,(H,15,16). The molecule has 0 saturated carbocycles. The van der Waals surface area contributed by atoms with Crippen LogP contribution in [0.1, 0.15) is 16.1 Å². The Hall–Kier alpha value is -1.40. The van der Waals surface area contributed by atoms with Crippen molar-refractivity contribution in [3.8, 4) is 0 Å². The number of carboxylic acid groups (broad SMARTS) is 1. The van der Waals surface area contributed by atoms with E-state index in [2.05, 4.69) is 26.2 Å². The summed E-state index contributed by atoms with van der Waals surface area (Å²) in [4.78, 5) is 14.9. The highest BCUT2D eigenvalue weighted by molar-refractivity contribution is 9.10. The van der Waals surface area contributed by atoms with E-state index in [1.807, 2.05) is 5.38 Å². The van der Waals surface area contributed by atoms with Gasteiger partial charge in [0.1, 0.15) is 0 Å². The maximum atomic E-state index is 10.8. The molecule has 1 aromatic heterocycles. The van der Waals surface area contributed by atoms with Gasteiger partial charge in [0.05, 0.1) is 23.3 Å². The summed E-state index contributed by atoms with van der Waals surface area (Å²) in [6, 6.07) is 4.88. The molecule has 88 valence electrons. The fourth-order valence-corrected chi connectivity index (χ4v) is 2.38. The molecule has 0 bridgehead atoms. The van der Waals surface area contributed by atoms with E-state index in [0.29, 0.717) is 6.54 Å². The molecule has 0 aliphatic heterocycles. The number of nitrogens with one attached hydrogen (secondary N) is 1. The molecule has 0 aliphatic carbocycles. The molecule has 4 nitrogen and oxygen atoms in total. The Bertz CT molecular complexity index is 528. The van der Waals surface area contributed by atoms with Crippen LogP contribution in [0.5, 0.6) is 0 Å². The van der Waals surface area contributed by atoms with Crippen LogP contribution in [0.25, 0.3) is 0 Å². The number of carboxylic acids is 1. The highest BCUT2D eigenvalue weighted by Crippen LogP contribution is 2.24. The summed E-state index contributed by atoms with van der Waals surface area (Å²) >= 11 is 4.88. The average Bonchev–Trinajstić information content (AvgIpc) is 2.80. The molecule has 0 unspecified atom stereocenters. The number of thiazole rings is 1. The molecule has 2 aromatic rings. The first-order chi connectivity index (χ1) is 8.16. The van der Waals surface area contributed by atoms with Crippen molar-refractivity contribution in [2.45, 2.75) is 6.54 Å². The van der Waals surface area contributed by atoms with Crippen molar-refractivity contribution in [1.82, 2.24) is 4.98 Å². The number of aromatic nitrogens is 1. The lowest BCUT2D eigenvalue weighted by Crippen LogP contribution is -2.02. The lowest BCUT2D eigenvalue weighted by molar-refractivity contribution is 0.0697. The molecule has 17 heavy (non-hydrogen) atoms. The summed E-state index contributed by atoms with van der Waals surface area (Å²) in [5, 5.41) is 14.0. The van der Waals surface area contributed by atoms with Gasteiger partial charge in [-0.2, -0.15) is 0 Å². The van der Waals surface area contributed by atoms with E-state index in [-0.39, 0.29) is 5.56 Å². The van der Waals surface area contributed by atoms with Crippen LogP contribution in [0.4, 0.5) is 5.69 Å². The summed E-state index contributed by atoms with van der Waals surface area (Å²) < 4.78 is 0.729. The number of nitrogens with zero attached hydrogens (tertiary/aromatic N) is 1. The van der Waals surface area contributed by atoms with E-state index in [4.69, 9.17) is 5.11 Å². The summed E-state index contributed by atoms with van der Waals surface area (Å²) in [6.45, 7) is 0.620. The Kier molecular flexibility index (Phi) is 3.75. The highest BCUT2D eigenvalue weighted by atomic mass is 79.9. The van der Waals surface area contributed by atoms with Crippen LogP contribution in [0.3, 0.4) is 0 Å². The second kappa shape index (κ2) is 5.29. The normalized spacial score (nSPS) is 10.2. The molecule has 2 rings (SSSR count). The van der Waals surface area contributed by atoms with Gasteiger partial charge in [-0.25, -0.2) is 9.78 Å². The zero-order chi connectivity index (χ0) is 12.3. The molecule has 0 radical (unpaired) electrons. The van der Waals surface area contributed by atoms with Gasteiger partial charge in [0, 0.05) is 15.5 Å². The van der Waals surface area contributed by atoms with Crippen molar-refractivity contribution in [2.24, 2.45) is 0 Å². The number of benzene rings is 1. The SMILES string of the molecule is O=C(O)c1ccc(NCc2cscn2)c(Br)c1. The van der Waals surface area contributed by atoms with E-state index in [1.54, 1.807) is 35.0 Å². The van der Waals surface area contributed by atoms with Crippen molar-refractivity contribution >= 4 is 38.9 Å². The largest absolute Gasteiger partial charge is 0.478 e. The van der Waals surface area contributed by atoms with Crippen LogP contribution in [-0.2, 0) is 6.54 Å². The molecule has 0 fully saturated rings. The van der Waals surface area contributed by atoms with E-state index in [9.17, 15) is 4.79 Å². The van der Waals surface area contributed by atoms with Gasteiger partial charge < -0.3 is 10.4 Å². The third kappa shape index (κ3) is 3.04. The maximum Gasteiger partial charge on any atom is 0.335 e. The van der Waals surface area contributed by atoms with E-state index < -0.39 is 5.97 Å². The summed E-state index contributed by atoms with van der Waals surface area (Å²) in [5.74, 6) is -0.934. The first kappa shape index (κ1) is 12.1. The fraction of sp³-hybridized carbons (Fsp3) is 0.0909. The number of aromatic carboxylic acids is 1. The first-order valence-electron chi connectivity index (χ1n) is 4.80. The summed E-state index contributed by atoms with van der Waals surface area (Å²) in [7, 11) is 0. The van der Waals surface area contributed by atoms with E-state index in [1.165, 1.54) is 0 Å². The van der Waals surface area contributed by atoms with Crippen LogP contribution in [0.2, 0.25) is 0 Å². The maximum absolute atomic E-state index is 10.8. The molecular formula is C11H9BrN2O2S. The third-order valence-corrected chi connectivity index (χ3v) is 3.45. The van der Waals surface area contributed by atoms with Crippen molar-refractivity contribution in [3.05, 3.63) is 44.8 Å². The number of hydrogen-bond donors (Lipinski definition) is 2. The zero-order valence-electron chi connectivity index (χ0n) is 8.68.